The number of hydrogen-bond acceptors (Lipinski definition) is 3. The third-order valence-electron chi connectivity index (χ3n) is 5.75. The number of aromatic nitrogens is 2. The summed E-state index contributed by atoms with van der Waals surface area (Å²) >= 11 is 16.3. The number of nitrogens with zero attached hydrogens (tertiary/aromatic N) is 3. The average molecular weight is 537 g/mol. The van der Waals surface area contributed by atoms with Gasteiger partial charge in [0.15, 0.2) is 5.69 Å². The first-order valence-electron chi connectivity index (χ1n) is 10.3. The van der Waals surface area contributed by atoms with Crippen LogP contribution in [0.2, 0.25) is 10.0 Å². The van der Waals surface area contributed by atoms with Crippen LogP contribution >= 0.6 is 39.1 Å². The molecule has 2 aromatic carbocycles. The average Bonchev–Trinajstić information content (AvgIpc) is 3.11. The molecule has 2 heterocycles. The molecule has 0 spiro atoms. The van der Waals surface area contributed by atoms with Crippen molar-refractivity contribution in [2.75, 3.05) is 7.05 Å². The fourth-order valence-corrected chi connectivity index (χ4v) is 4.81. The van der Waals surface area contributed by atoms with Gasteiger partial charge in [-0.2, -0.15) is 5.10 Å². The van der Waals surface area contributed by atoms with E-state index in [0.717, 1.165) is 39.0 Å². The van der Waals surface area contributed by atoms with E-state index in [0.29, 0.717) is 21.4 Å². The lowest BCUT2D eigenvalue weighted by atomic mass is 9.98. The molecule has 5 nitrogen and oxygen atoms in total. The Morgan fingerprint density at radius 1 is 1.19 bits per heavy atom. The van der Waals surface area contributed by atoms with E-state index in [1.807, 2.05) is 32.9 Å². The maximum Gasteiger partial charge on any atom is 0.274 e. The molecule has 0 fully saturated rings. The Morgan fingerprint density at radius 3 is 2.44 bits per heavy atom. The molecule has 168 valence electrons. The summed E-state index contributed by atoms with van der Waals surface area (Å²) in [6.07, 6.45) is 0.868. The van der Waals surface area contributed by atoms with Crippen molar-refractivity contribution >= 4 is 45.0 Å². The molecule has 0 unspecified atom stereocenters. The quantitative estimate of drug-likeness (QED) is 0.364. The fraction of sp³-hybridized carbons (Fsp3) is 0.333. The van der Waals surface area contributed by atoms with E-state index in [-0.39, 0.29) is 18.1 Å². The summed E-state index contributed by atoms with van der Waals surface area (Å²) in [5, 5.41) is 5.75. The summed E-state index contributed by atoms with van der Waals surface area (Å²) in [6, 6.07) is 9.30. The highest BCUT2D eigenvalue weighted by atomic mass is 79.9. The zero-order valence-electron chi connectivity index (χ0n) is 18.6. The van der Waals surface area contributed by atoms with Gasteiger partial charge in [0.25, 0.3) is 5.91 Å². The Bertz CT molecular complexity index is 1210. The molecular formula is C24H24BrCl2N3O2. The minimum absolute atomic E-state index is 0.170. The van der Waals surface area contributed by atoms with E-state index >= 15 is 0 Å². The third kappa shape index (κ3) is 4.04. The third-order valence-corrected chi connectivity index (χ3v) is 6.92. The second kappa shape index (κ2) is 8.40. The van der Waals surface area contributed by atoms with Crippen LogP contribution < -0.4 is 4.74 Å². The van der Waals surface area contributed by atoms with Crippen molar-refractivity contribution in [1.82, 2.24) is 14.7 Å². The molecule has 1 amide bonds. The number of carbonyl (C=O) groups is 1. The largest absolute Gasteiger partial charge is 0.488 e. The second-order valence-electron chi connectivity index (χ2n) is 8.83. The maximum atomic E-state index is 13.5. The molecule has 1 aromatic heterocycles. The number of halogens is 3. The minimum atomic E-state index is -0.362. The van der Waals surface area contributed by atoms with E-state index < -0.39 is 0 Å². The van der Waals surface area contributed by atoms with Crippen LogP contribution in [0.1, 0.15) is 49.3 Å². The molecule has 8 heteroatoms. The van der Waals surface area contributed by atoms with Gasteiger partial charge in [0.2, 0.25) is 0 Å². The molecule has 1 aliphatic rings. The van der Waals surface area contributed by atoms with Gasteiger partial charge < -0.3 is 9.64 Å². The predicted molar refractivity (Wildman–Crippen MR) is 132 cm³/mol. The number of ether oxygens (including phenoxy) is 1. The number of amides is 1. The number of aryl methyl sites for hydroxylation is 1. The Balaban J connectivity index is 2.00. The normalized spacial score (nSPS) is 12.8. The van der Waals surface area contributed by atoms with Gasteiger partial charge in [-0.15, -0.1) is 0 Å². The Morgan fingerprint density at radius 2 is 1.84 bits per heavy atom. The number of carbonyl (C=O) groups excluding carboxylic acids is 1. The van der Waals surface area contributed by atoms with Crippen LogP contribution in [0.3, 0.4) is 0 Å². The smallest absolute Gasteiger partial charge is 0.274 e. The summed E-state index contributed by atoms with van der Waals surface area (Å²) < 4.78 is 8.83. The SMILES string of the molecule is CCc1cc2c(cc1Br)-c1c(c(C(=O)N(C)C(C)(C)C)nn1-c1cc(Cl)cc(Cl)c1)CO2. The van der Waals surface area contributed by atoms with Crippen LogP contribution in [0.4, 0.5) is 0 Å². The highest BCUT2D eigenvalue weighted by molar-refractivity contribution is 9.10. The lowest BCUT2D eigenvalue weighted by Gasteiger charge is -2.31. The molecule has 1 aliphatic heterocycles. The van der Waals surface area contributed by atoms with Crippen molar-refractivity contribution in [2.24, 2.45) is 0 Å². The van der Waals surface area contributed by atoms with Gasteiger partial charge in [0.1, 0.15) is 12.4 Å². The summed E-state index contributed by atoms with van der Waals surface area (Å²) in [7, 11) is 1.78. The van der Waals surface area contributed by atoms with Crippen molar-refractivity contribution < 1.29 is 9.53 Å². The number of benzene rings is 2. The molecule has 0 saturated carbocycles. The first kappa shape index (κ1) is 23.1. The minimum Gasteiger partial charge on any atom is -0.488 e. The summed E-state index contributed by atoms with van der Waals surface area (Å²) in [4.78, 5) is 15.1. The van der Waals surface area contributed by atoms with Crippen LogP contribution in [0.5, 0.6) is 5.75 Å². The first-order chi connectivity index (χ1) is 15.0. The number of hydrogen-bond donors (Lipinski definition) is 0. The molecule has 3 aromatic rings. The van der Waals surface area contributed by atoms with Crippen LogP contribution in [0.25, 0.3) is 16.9 Å². The van der Waals surface area contributed by atoms with Crippen LogP contribution in [0, 0.1) is 0 Å². The van der Waals surface area contributed by atoms with Crippen molar-refractivity contribution in [2.45, 2.75) is 46.3 Å². The van der Waals surface area contributed by atoms with E-state index in [2.05, 4.69) is 22.9 Å². The topological polar surface area (TPSA) is 47.4 Å². The van der Waals surface area contributed by atoms with Crippen molar-refractivity contribution in [3.05, 3.63) is 61.7 Å². The molecule has 0 aliphatic carbocycles. The Kier molecular flexibility index (Phi) is 6.07. The van der Waals surface area contributed by atoms with Crippen LogP contribution in [-0.2, 0) is 13.0 Å². The van der Waals surface area contributed by atoms with Crippen molar-refractivity contribution in [1.29, 1.82) is 0 Å². The molecule has 0 bridgehead atoms. The lowest BCUT2D eigenvalue weighted by Crippen LogP contribution is -2.43. The van der Waals surface area contributed by atoms with Gasteiger partial charge >= 0.3 is 0 Å². The standard InChI is InChI=1S/C24H24BrCl2N3O2/c1-6-13-7-20-17(11-19(13)25)22-18(12-32-20)21(23(31)29(5)24(2,3)4)28-30(22)16-9-14(26)8-15(27)10-16/h7-11H,6,12H2,1-5H3. The van der Waals surface area contributed by atoms with Gasteiger partial charge in [-0.25, -0.2) is 4.68 Å². The van der Waals surface area contributed by atoms with Gasteiger partial charge in [-0.3, -0.25) is 4.79 Å². The molecule has 32 heavy (non-hydrogen) atoms. The summed E-state index contributed by atoms with van der Waals surface area (Å²) in [6.45, 7) is 8.30. The van der Waals surface area contributed by atoms with Crippen molar-refractivity contribution in [3.63, 3.8) is 0 Å². The molecule has 0 saturated heterocycles. The Hall–Kier alpha value is -2.02. The lowest BCUT2D eigenvalue weighted by molar-refractivity contribution is 0.0646. The molecule has 0 atom stereocenters. The van der Waals surface area contributed by atoms with E-state index in [1.165, 1.54) is 0 Å². The number of fused-ring (bicyclic) bond motifs is 3. The molecule has 0 radical (unpaired) electrons. The highest BCUT2D eigenvalue weighted by Crippen LogP contribution is 2.43. The van der Waals surface area contributed by atoms with Crippen molar-refractivity contribution in [3.8, 4) is 22.7 Å². The van der Waals surface area contributed by atoms with Gasteiger partial charge in [-0.05, 0) is 63.1 Å². The maximum absolute atomic E-state index is 13.5. The Labute approximate surface area is 206 Å². The van der Waals surface area contributed by atoms with E-state index in [9.17, 15) is 4.79 Å². The zero-order valence-corrected chi connectivity index (χ0v) is 21.7. The van der Waals surface area contributed by atoms with Gasteiger partial charge in [0.05, 0.1) is 11.4 Å². The monoisotopic (exact) mass is 535 g/mol. The van der Waals surface area contributed by atoms with Crippen LogP contribution in [-0.4, -0.2) is 33.2 Å². The van der Waals surface area contributed by atoms with E-state index in [4.69, 9.17) is 33.0 Å². The van der Waals surface area contributed by atoms with E-state index in [1.54, 1.807) is 34.8 Å². The fourth-order valence-electron chi connectivity index (χ4n) is 3.67. The zero-order chi connectivity index (χ0) is 23.4. The molecule has 0 N–H and O–H groups in total. The summed E-state index contributed by atoms with van der Waals surface area (Å²) in [5.41, 5.74) is 4.22. The molecular weight excluding hydrogens is 513 g/mol. The second-order valence-corrected chi connectivity index (χ2v) is 10.6. The summed E-state index contributed by atoms with van der Waals surface area (Å²) in [5.74, 6) is 0.590. The first-order valence-corrected chi connectivity index (χ1v) is 11.9. The number of rotatable bonds is 3. The van der Waals surface area contributed by atoms with Gasteiger partial charge in [0, 0.05) is 38.2 Å². The molecule has 4 rings (SSSR count). The van der Waals surface area contributed by atoms with Crippen LogP contribution in [0.15, 0.2) is 34.8 Å². The van der Waals surface area contributed by atoms with Gasteiger partial charge in [-0.1, -0.05) is 46.1 Å². The highest BCUT2D eigenvalue weighted by Gasteiger charge is 2.34. The predicted octanol–water partition coefficient (Wildman–Crippen LogP) is 6.93.